The van der Waals surface area contributed by atoms with E-state index in [1.807, 2.05) is 20.8 Å². The summed E-state index contributed by atoms with van der Waals surface area (Å²) in [5, 5.41) is 28.6. The lowest BCUT2D eigenvalue weighted by atomic mass is 9.98. The number of aliphatic imine (C=N–C) groups is 3. The molecule has 0 bridgehead atoms. The van der Waals surface area contributed by atoms with Gasteiger partial charge in [0.05, 0.1) is 12.4 Å². The number of carbonyl (C=O) groups is 8. The monoisotopic (exact) mass is 1080 g/mol. The fourth-order valence-electron chi connectivity index (χ4n) is 7.57. The van der Waals surface area contributed by atoms with E-state index in [2.05, 4.69) is 62.2 Å². The van der Waals surface area contributed by atoms with Crippen molar-refractivity contribution < 1.29 is 43.5 Å². The van der Waals surface area contributed by atoms with Gasteiger partial charge in [0.25, 0.3) is 0 Å². The van der Waals surface area contributed by atoms with Crippen molar-refractivity contribution in [3.8, 4) is 0 Å². The predicted octanol–water partition coefficient (Wildman–Crippen LogP) is -4.06. The molecule has 0 radical (unpaired) electrons. The van der Waals surface area contributed by atoms with Gasteiger partial charge in [-0.05, 0) is 82.6 Å². The van der Waals surface area contributed by atoms with Crippen molar-refractivity contribution in [2.75, 3.05) is 26.2 Å². The molecule has 0 aliphatic heterocycles. The highest BCUT2D eigenvalue weighted by atomic mass is 16.4. The Morgan fingerprint density at radius 2 is 0.974 bits per heavy atom. The molecular formula is C47H88N20O9. The van der Waals surface area contributed by atoms with Crippen LogP contribution in [-0.2, 0) is 44.8 Å². The molecule has 8 atom stereocenters. The molecule has 1 heterocycles. The third kappa shape index (κ3) is 27.8. The van der Waals surface area contributed by atoms with E-state index in [1.54, 1.807) is 13.8 Å². The molecule has 7 amide bonds. The number of rotatable bonds is 39. The molecule has 1 aromatic heterocycles. The normalized spacial score (nSPS) is 14.2. The molecular weight excluding hydrogens is 989 g/mol. The molecule has 0 aromatic carbocycles. The van der Waals surface area contributed by atoms with Crippen LogP contribution >= 0.6 is 0 Å². The van der Waals surface area contributed by atoms with Crippen molar-refractivity contribution in [2.45, 2.75) is 173 Å². The van der Waals surface area contributed by atoms with Crippen LogP contribution in [0.3, 0.4) is 0 Å². The number of nitrogens with zero attached hydrogens (tertiary/aromatic N) is 4. The van der Waals surface area contributed by atoms with Gasteiger partial charge in [-0.1, -0.05) is 53.9 Å². The molecule has 25 N–H and O–H groups in total. The van der Waals surface area contributed by atoms with E-state index >= 15 is 0 Å². The average Bonchev–Trinajstić information content (AvgIpc) is 3.86. The van der Waals surface area contributed by atoms with Gasteiger partial charge in [-0.3, -0.25) is 48.5 Å². The number of hydrogen-bond acceptors (Lipinski definition) is 14. The summed E-state index contributed by atoms with van der Waals surface area (Å²) in [4.78, 5) is 129. The van der Waals surface area contributed by atoms with Crippen LogP contribution in [0.5, 0.6) is 0 Å². The Balaban J connectivity index is 3.54. The van der Waals surface area contributed by atoms with Gasteiger partial charge >= 0.3 is 5.97 Å². The summed E-state index contributed by atoms with van der Waals surface area (Å²) in [5.41, 5.74) is 45.0. The number of carboxylic acid groups (broad SMARTS) is 1. The first-order valence-electron chi connectivity index (χ1n) is 25.8. The molecule has 0 unspecified atom stereocenters. The topological polar surface area (TPSA) is 515 Å². The van der Waals surface area contributed by atoms with E-state index in [9.17, 15) is 43.5 Å². The van der Waals surface area contributed by atoms with Crippen LogP contribution in [0.25, 0.3) is 0 Å². The van der Waals surface area contributed by atoms with Crippen LogP contribution in [-0.4, -0.2) is 155 Å². The maximum atomic E-state index is 14.4. The Morgan fingerprint density at radius 1 is 0.553 bits per heavy atom. The van der Waals surface area contributed by atoms with Crippen molar-refractivity contribution in [1.29, 1.82) is 0 Å². The van der Waals surface area contributed by atoms with Gasteiger partial charge in [-0.25, -0.2) is 9.78 Å². The number of nitrogens with two attached hydrogens (primary N) is 8. The van der Waals surface area contributed by atoms with Crippen molar-refractivity contribution >= 4 is 65.2 Å². The van der Waals surface area contributed by atoms with Gasteiger partial charge in [0.1, 0.15) is 42.3 Å². The van der Waals surface area contributed by atoms with Crippen molar-refractivity contribution in [3.63, 3.8) is 0 Å². The lowest BCUT2D eigenvalue weighted by Crippen LogP contribution is -2.61. The first-order valence-corrected chi connectivity index (χ1v) is 25.8. The minimum atomic E-state index is -1.37. The maximum Gasteiger partial charge on any atom is 0.326 e. The fraction of sp³-hybridized carbons (Fsp3) is 0.702. The third-order valence-corrected chi connectivity index (χ3v) is 11.7. The first kappa shape index (κ1) is 66.7. The average molecular weight is 1080 g/mol. The molecule has 0 aliphatic rings. The molecule has 76 heavy (non-hydrogen) atoms. The molecule has 0 saturated heterocycles. The smallest absolute Gasteiger partial charge is 0.326 e. The summed E-state index contributed by atoms with van der Waals surface area (Å²) in [6.07, 6.45) is 6.12. The fourth-order valence-corrected chi connectivity index (χ4v) is 7.57. The number of aliphatic carboxylic acids is 1. The molecule has 1 aromatic rings. The minimum Gasteiger partial charge on any atom is -0.480 e. The van der Waals surface area contributed by atoms with Crippen LogP contribution in [0.1, 0.15) is 124 Å². The third-order valence-electron chi connectivity index (χ3n) is 11.7. The van der Waals surface area contributed by atoms with Gasteiger partial charge in [-0.2, -0.15) is 0 Å². The Kier molecular flexibility index (Phi) is 32.1. The summed E-state index contributed by atoms with van der Waals surface area (Å²) < 4.78 is 0. The number of carboxylic acids is 1. The second-order valence-corrected chi connectivity index (χ2v) is 19.2. The summed E-state index contributed by atoms with van der Waals surface area (Å²) in [6, 6.07) is -9.86. The van der Waals surface area contributed by atoms with Crippen molar-refractivity contribution in [1.82, 2.24) is 47.2 Å². The van der Waals surface area contributed by atoms with Gasteiger partial charge in [0, 0.05) is 37.9 Å². The lowest BCUT2D eigenvalue weighted by Gasteiger charge is -2.29. The zero-order valence-corrected chi connectivity index (χ0v) is 44.8. The predicted molar refractivity (Wildman–Crippen MR) is 288 cm³/mol. The van der Waals surface area contributed by atoms with Crippen LogP contribution in [0.15, 0.2) is 27.5 Å². The summed E-state index contributed by atoms with van der Waals surface area (Å²) in [6.45, 7) is 9.56. The molecule has 0 spiro atoms. The van der Waals surface area contributed by atoms with Crippen LogP contribution in [0, 0.1) is 11.8 Å². The number of hydrogen-bond donors (Lipinski definition) is 17. The first-order chi connectivity index (χ1) is 35.9. The molecule has 1 rings (SSSR count). The molecule has 430 valence electrons. The van der Waals surface area contributed by atoms with E-state index in [0.29, 0.717) is 44.3 Å². The van der Waals surface area contributed by atoms with Crippen molar-refractivity contribution in [3.05, 3.63) is 18.2 Å². The summed E-state index contributed by atoms with van der Waals surface area (Å²) in [7, 11) is 0. The van der Waals surface area contributed by atoms with E-state index in [-0.39, 0.29) is 101 Å². The van der Waals surface area contributed by atoms with Crippen LogP contribution < -0.4 is 83.1 Å². The van der Waals surface area contributed by atoms with Crippen LogP contribution in [0.2, 0.25) is 0 Å². The molecule has 29 heteroatoms. The number of nitrogens with one attached hydrogen (secondary N) is 8. The Hall–Kier alpha value is -7.30. The highest BCUT2D eigenvalue weighted by Gasteiger charge is 2.35. The number of carbonyl (C=O) groups excluding carboxylic acids is 7. The van der Waals surface area contributed by atoms with E-state index in [1.165, 1.54) is 12.5 Å². The number of guanidine groups is 3. The zero-order chi connectivity index (χ0) is 57.3. The van der Waals surface area contributed by atoms with Gasteiger partial charge < -0.3 is 93.2 Å². The second kappa shape index (κ2) is 36.6. The molecule has 29 nitrogen and oxygen atoms in total. The number of imidazole rings is 1. The SMILES string of the molecule is CCCC[C@H](NC(=O)[C@H](CCCN=C(N)N)NC(=O)[C@H](Cc1cnc[nH]1)NC(=O)[C@H](CCCN=C(N)N)NC(=O)[C@@H](N)CCCCN)C(=O)N[C@H](C(=O)N[C@@H](CC(C)C)C(=O)N[C@@H](CCCN=C(N)N)C(=O)O)C(C)C. The molecule has 0 saturated carbocycles. The number of aromatic nitrogens is 2. The van der Waals surface area contributed by atoms with Crippen LogP contribution in [0.4, 0.5) is 0 Å². The molecule has 0 fully saturated rings. The van der Waals surface area contributed by atoms with Gasteiger partial charge in [0.2, 0.25) is 41.4 Å². The maximum absolute atomic E-state index is 14.4. The number of H-pyrrole nitrogens is 1. The van der Waals surface area contributed by atoms with Gasteiger partial charge in [0.15, 0.2) is 17.9 Å². The summed E-state index contributed by atoms with van der Waals surface area (Å²) in [5.74, 6) is -7.72. The Bertz CT molecular complexity index is 2060. The van der Waals surface area contributed by atoms with E-state index < -0.39 is 102 Å². The number of unbranched alkanes of at least 4 members (excludes halogenated alkanes) is 2. The highest BCUT2D eigenvalue weighted by Crippen LogP contribution is 2.13. The summed E-state index contributed by atoms with van der Waals surface area (Å²) >= 11 is 0. The van der Waals surface area contributed by atoms with Gasteiger partial charge in [-0.15, -0.1) is 0 Å². The van der Waals surface area contributed by atoms with E-state index in [0.717, 1.165) is 0 Å². The lowest BCUT2D eigenvalue weighted by molar-refractivity contribution is -0.142. The Morgan fingerprint density at radius 3 is 1.41 bits per heavy atom. The molecule has 0 aliphatic carbocycles. The standard InChI is InChI=1S/C47H88N20O9/c1-6-7-14-30(40(71)67-36(27(4)5)43(74)66-34(22-26(2)3)41(72)64-33(44(75)76)17-12-21-59-47(54)55)62-38(69)32(16-11-20-58-46(52)53)63-42(73)35(23-28-24-56-25-60-28)65-39(70)31(15-10-19-57-45(50)51)61-37(68)29(49)13-8-9-18-48/h24-27,29-36H,6-23,48-49H2,1-5H3,(H,56,60)(H,61,68)(H,62,69)(H,63,73)(H,64,72)(H,65,70)(H,66,74)(H,67,71)(H,75,76)(H4,50,51,57)(H4,52,53,58)(H4,54,55,59)/t29-,30-,31-,32-,33-,34-,35-,36-/m0/s1. The minimum absolute atomic E-state index is 0.00341. The number of aromatic amines is 1. The second-order valence-electron chi connectivity index (χ2n) is 19.2. The number of amides is 7. The largest absolute Gasteiger partial charge is 0.480 e. The van der Waals surface area contributed by atoms with E-state index in [4.69, 9.17) is 45.9 Å². The zero-order valence-electron chi connectivity index (χ0n) is 44.8. The van der Waals surface area contributed by atoms with Crippen molar-refractivity contribution in [2.24, 2.45) is 72.7 Å². The quantitative estimate of drug-likeness (QED) is 0.0169. The highest BCUT2D eigenvalue weighted by molar-refractivity contribution is 5.97. The Labute approximate surface area is 444 Å².